The molecule has 0 atom stereocenters. The predicted molar refractivity (Wildman–Crippen MR) is 114 cm³/mol. The van der Waals surface area contributed by atoms with E-state index in [1.54, 1.807) is 18.2 Å². The van der Waals surface area contributed by atoms with Crippen molar-refractivity contribution in [3.8, 4) is 0 Å². The number of halogens is 1. The first kappa shape index (κ1) is 20.3. The molecular weight excluding hydrogens is 383 g/mol. The van der Waals surface area contributed by atoms with Crippen LogP contribution < -0.4 is 5.63 Å². The summed E-state index contributed by atoms with van der Waals surface area (Å²) in [6.45, 7) is 7.36. The van der Waals surface area contributed by atoms with Gasteiger partial charge < -0.3 is 9.32 Å². The number of hydrogen-bond donors (Lipinski definition) is 0. The van der Waals surface area contributed by atoms with Crippen LogP contribution in [-0.2, 0) is 17.8 Å². The summed E-state index contributed by atoms with van der Waals surface area (Å²) in [7, 11) is 0. The Bertz CT molecular complexity index is 1130. The summed E-state index contributed by atoms with van der Waals surface area (Å²) in [4.78, 5) is 28.8. The number of fused-ring (bicyclic) bond motifs is 1. The van der Waals surface area contributed by atoms with Crippen LogP contribution in [0.25, 0.3) is 11.0 Å². The fourth-order valence-electron chi connectivity index (χ4n) is 3.94. The molecule has 0 unspecified atom stereocenters. The van der Waals surface area contributed by atoms with Gasteiger partial charge in [0.15, 0.2) is 0 Å². The Morgan fingerprint density at radius 3 is 2.43 bits per heavy atom. The smallest absolute Gasteiger partial charge is 0.336 e. The van der Waals surface area contributed by atoms with E-state index in [1.807, 2.05) is 30.9 Å². The number of nitrogens with zero attached hydrogens (tertiary/aromatic N) is 2. The third-order valence-electron chi connectivity index (χ3n) is 5.90. The lowest BCUT2D eigenvalue weighted by Gasteiger charge is -2.35. The van der Waals surface area contributed by atoms with Crippen LogP contribution in [0.3, 0.4) is 0 Å². The molecule has 1 fully saturated rings. The average molecular weight is 408 g/mol. The van der Waals surface area contributed by atoms with Crippen LogP contribution in [0.1, 0.15) is 22.3 Å². The highest BCUT2D eigenvalue weighted by Crippen LogP contribution is 2.24. The average Bonchev–Trinajstić information content (AvgIpc) is 2.73. The second kappa shape index (κ2) is 8.40. The fourth-order valence-corrected chi connectivity index (χ4v) is 3.94. The van der Waals surface area contributed by atoms with Gasteiger partial charge >= 0.3 is 5.63 Å². The highest BCUT2D eigenvalue weighted by Gasteiger charge is 2.22. The van der Waals surface area contributed by atoms with Crippen LogP contribution in [0, 0.1) is 19.7 Å². The summed E-state index contributed by atoms with van der Waals surface area (Å²) in [5, 5.41) is 0.965. The molecule has 6 heteroatoms. The molecule has 4 rings (SSSR count). The number of piperazine rings is 1. The molecule has 1 aromatic heterocycles. The molecule has 2 aromatic carbocycles. The molecule has 1 aliphatic heterocycles. The second-order valence-corrected chi connectivity index (χ2v) is 7.93. The quantitative estimate of drug-likeness (QED) is 0.621. The van der Waals surface area contributed by atoms with Crippen molar-refractivity contribution in [2.75, 3.05) is 26.2 Å². The van der Waals surface area contributed by atoms with Crippen molar-refractivity contribution in [1.29, 1.82) is 0 Å². The molecule has 1 saturated heterocycles. The van der Waals surface area contributed by atoms with Crippen LogP contribution in [0.15, 0.2) is 51.7 Å². The topological polar surface area (TPSA) is 53.8 Å². The minimum Gasteiger partial charge on any atom is -0.422 e. The van der Waals surface area contributed by atoms with Crippen LogP contribution in [0.2, 0.25) is 0 Å². The minimum absolute atomic E-state index is 0.0539. The van der Waals surface area contributed by atoms with Crippen LogP contribution in [0.4, 0.5) is 4.39 Å². The van der Waals surface area contributed by atoms with E-state index >= 15 is 0 Å². The van der Waals surface area contributed by atoms with Gasteiger partial charge in [-0.2, -0.15) is 0 Å². The van der Waals surface area contributed by atoms with Gasteiger partial charge in [-0.1, -0.05) is 24.3 Å². The molecule has 1 aliphatic rings. The lowest BCUT2D eigenvalue weighted by Crippen LogP contribution is -2.48. The Hall–Kier alpha value is -2.99. The molecule has 0 radical (unpaired) electrons. The predicted octanol–water partition coefficient (Wildman–Crippen LogP) is 3.44. The molecule has 0 aliphatic carbocycles. The molecule has 0 saturated carbocycles. The van der Waals surface area contributed by atoms with Crippen molar-refractivity contribution >= 4 is 16.9 Å². The molecule has 1 amide bonds. The molecule has 0 bridgehead atoms. The first-order chi connectivity index (χ1) is 14.4. The van der Waals surface area contributed by atoms with Crippen LogP contribution in [-0.4, -0.2) is 41.9 Å². The molecule has 3 aromatic rings. The maximum Gasteiger partial charge on any atom is 0.336 e. The molecule has 156 valence electrons. The Balaban J connectivity index is 1.41. The van der Waals surface area contributed by atoms with Gasteiger partial charge in [0.1, 0.15) is 11.4 Å². The van der Waals surface area contributed by atoms with Gasteiger partial charge in [-0.25, -0.2) is 9.18 Å². The van der Waals surface area contributed by atoms with E-state index in [0.717, 1.165) is 40.7 Å². The van der Waals surface area contributed by atoms with Gasteiger partial charge in [-0.05, 0) is 48.2 Å². The largest absolute Gasteiger partial charge is 0.422 e. The van der Waals surface area contributed by atoms with Crippen molar-refractivity contribution in [2.45, 2.75) is 26.8 Å². The van der Waals surface area contributed by atoms with E-state index in [1.165, 1.54) is 12.1 Å². The van der Waals surface area contributed by atoms with Crippen molar-refractivity contribution in [1.82, 2.24) is 9.80 Å². The summed E-state index contributed by atoms with van der Waals surface area (Å²) < 4.78 is 18.5. The van der Waals surface area contributed by atoms with Gasteiger partial charge in [0.05, 0.1) is 6.42 Å². The number of carbonyl (C=O) groups is 1. The minimum atomic E-state index is -0.334. The summed E-state index contributed by atoms with van der Waals surface area (Å²) in [6, 6.07) is 11.7. The van der Waals surface area contributed by atoms with Crippen molar-refractivity contribution < 1.29 is 13.6 Å². The zero-order chi connectivity index (χ0) is 21.3. The van der Waals surface area contributed by atoms with E-state index in [2.05, 4.69) is 4.90 Å². The SMILES string of the molecule is Cc1ccc2c(CN3CCN(C(=O)Cc4ccc(F)cc4)CC3)cc(=O)oc2c1C. The summed E-state index contributed by atoms with van der Waals surface area (Å²) >= 11 is 0. The number of aryl methyl sites for hydroxylation is 2. The van der Waals surface area contributed by atoms with Gasteiger partial charge in [-0.3, -0.25) is 9.69 Å². The summed E-state index contributed by atoms with van der Waals surface area (Å²) in [5.74, 6) is -0.245. The third-order valence-corrected chi connectivity index (χ3v) is 5.90. The normalized spacial score (nSPS) is 15.0. The fraction of sp³-hybridized carbons (Fsp3) is 0.333. The lowest BCUT2D eigenvalue weighted by atomic mass is 10.0. The molecule has 2 heterocycles. The maximum absolute atomic E-state index is 13.0. The van der Waals surface area contributed by atoms with Gasteiger partial charge in [-0.15, -0.1) is 0 Å². The Morgan fingerprint density at radius 1 is 1.03 bits per heavy atom. The van der Waals surface area contributed by atoms with Crippen molar-refractivity contribution in [2.24, 2.45) is 0 Å². The maximum atomic E-state index is 13.0. The summed E-state index contributed by atoms with van der Waals surface area (Å²) in [6.07, 6.45) is 0.281. The highest BCUT2D eigenvalue weighted by molar-refractivity contribution is 5.84. The van der Waals surface area contributed by atoms with E-state index < -0.39 is 0 Å². The standard InChI is InChI=1S/C24H25FN2O3/c1-16-3-8-21-19(14-23(29)30-24(21)17(16)2)15-26-9-11-27(12-10-26)22(28)13-18-4-6-20(25)7-5-18/h3-8,14H,9-13,15H2,1-2H3. The van der Waals surface area contributed by atoms with Gasteiger partial charge in [0.2, 0.25) is 5.91 Å². The van der Waals surface area contributed by atoms with E-state index in [0.29, 0.717) is 25.2 Å². The third kappa shape index (κ3) is 4.28. The number of benzene rings is 2. The Kier molecular flexibility index (Phi) is 5.68. The molecule has 5 nitrogen and oxygen atoms in total. The highest BCUT2D eigenvalue weighted by atomic mass is 19.1. The zero-order valence-electron chi connectivity index (χ0n) is 17.3. The van der Waals surface area contributed by atoms with Gasteiger partial charge in [0.25, 0.3) is 0 Å². The van der Waals surface area contributed by atoms with Crippen molar-refractivity contribution in [3.63, 3.8) is 0 Å². The van der Waals surface area contributed by atoms with E-state index in [-0.39, 0.29) is 23.8 Å². The molecule has 0 N–H and O–H groups in total. The Labute approximate surface area is 174 Å². The van der Waals surface area contributed by atoms with Crippen LogP contribution >= 0.6 is 0 Å². The first-order valence-electron chi connectivity index (χ1n) is 10.2. The molecule has 30 heavy (non-hydrogen) atoms. The number of amides is 1. The van der Waals surface area contributed by atoms with E-state index in [4.69, 9.17) is 4.42 Å². The number of hydrogen-bond acceptors (Lipinski definition) is 4. The number of carbonyl (C=O) groups excluding carboxylic acids is 1. The monoisotopic (exact) mass is 408 g/mol. The zero-order valence-corrected chi connectivity index (χ0v) is 17.3. The molecule has 0 spiro atoms. The number of rotatable bonds is 4. The lowest BCUT2D eigenvalue weighted by molar-refractivity contribution is -0.132. The van der Waals surface area contributed by atoms with Gasteiger partial charge in [0, 0.05) is 44.2 Å². The first-order valence-corrected chi connectivity index (χ1v) is 10.2. The second-order valence-electron chi connectivity index (χ2n) is 7.93. The van der Waals surface area contributed by atoms with Crippen LogP contribution in [0.5, 0.6) is 0 Å². The molecular formula is C24H25FN2O3. The van der Waals surface area contributed by atoms with E-state index in [9.17, 15) is 14.0 Å². The Morgan fingerprint density at radius 2 is 1.73 bits per heavy atom. The summed E-state index contributed by atoms with van der Waals surface area (Å²) in [5.41, 5.74) is 4.18. The van der Waals surface area contributed by atoms with Crippen molar-refractivity contribution in [3.05, 3.63) is 81.0 Å².